The molecule has 2 aromatic heterocycles. The molecule has 1 saturated heterocycles. The summed E-state index contributed by atoms with van der Waals surface area (Å²) in [6.45, 7) is 6.94. The number of nitrogens with one attached hydrogen (secondary N) is 2. The Morgan fingerprint density at radius 2 is 2.00 bits per heavy atom. The number of ether oxygens (including phenoxy) is 1. The van der Waals surface area contributed by atoms with Gasteiger partial charge in [0.2, 0.25) is 0 Å². The molecule has 0 unspecified atom stereocenters. The van der Waals surface area contributed by atoms with E-state index in [1.807, 2.05) is 19.3 Å². The van der Waals surface area contributed by atoms with E-state index in [-0.39, 0.29) is 29.7 Å². The first-order valence-corrected chi connectivity index (χ1v) is 12.6. The number of nitrogens with zero attached hydrogens (tertiary/aromatic N) is 4. The molecule has 2 N–H and O–H groups in total. The van der Waals surface area contributed by atoms with E-state index in [1.165, 1.54) is 6.07 Å². The monoisotopic (exact) mass is 492 g/mol. The van der Waals surface area contributed by atoms with E-state index in [4.69, 9.17) is 4.74 Å². The van der Waals surface area contributed by atoms with Gasteiger partial charge in [0.1, 0.15) is 5.82 Å². The van der Waals surface area contributed by atoms with Crippen LogP contribution in [0.1, 0.15) is 42.1 Å². The molecule has 190 valence electrons. The number of piperidine rings is 1. The lowest BCUT2D eigenvalue weighted by Crippen LogP contribution is -2.50. The van der Waals surface area contributed by atoms with Gasteiger partial charge in [-0.25, -0.2) is 9.07 Å². The highest BCUT2D eigenvalue weighted by Gasteiger charge is 2.29. The molecular formula is C27H33FN6O2. The summed E-state index contributed by atoms with van der Waals surface area (Å²) < 4.78 is 22.0. The van der Waals surface area contributed by atoms with Crippen LogP contribution in [0.15, 0.2) is 43.0 Å². The number of aryl methyl sites for hydroxylation is 1. The Morgan fingerprint density at radius 1 is 1.17 bits per heavy atom. The van der Waals surface area contributed by atoms with Crippen LogP contribution in [-0.4, -0.2) is 70.5 Å². The van der Waals surface area contributed by atoms with Crippen LogP contribution in [0.2, 0.25) is 0 Å². The number of hydrogen-bond donors (Lipinski definition) is 2. The summed E-state index contributed by atoms with van der Waals surface area (Å²) in [5.74, 6) is -0.908. The summed E-state index contributed by atoms with van der Waals surface area (Å²) in [5.41, 5.74) is 4.11. The predicted molar refractivity (Wildman–Crippen MR) is 137 cm³/mol. The first-order chi connectivity index (χ1) is 17.4. The number of aromatic nitrogens is 3. The van der Waals surface area contributed by atoms with Crippen LogP contribution >= 0.6 is 0 Å². The number of methoxy groups -OCH3 is 1. The van der Waals surface area contributed by atoms with Crippen molar-refractivity contribution in [1.29, 1.82) is 0 Å². The lowest BCUT2D eigenvalue weighted by molar-refractivity contribution is 0.0241. The highest BCUT2D eigenvalue weighted by atomic mass is 19.1. The number of benzene rings is 1. The molecule has 0 radical (unpaired) electrons. The molecule has 0 bridgehead atoms. The summed E-state index contributed by atoms with van der Waals surface area (Å²) in [4.78, 5) is 19.3. The lowest BCUT2D eigenvalue weighted by atomic mass is 10.0. The van der Waals surface area contributed by atoms with Gasteiger partial charge in [-0.1, -0.05) is 6.92 Å². The van der Waals surface area contributed by atoms with Crippen molar-refractivity contribution in [2.24, 2.45) is 0 Å². The predicted octanol–water partition coefficient (Wildman–Crippen LogP) is 3.80. The van der Waals surface area contributed by atoms with Gasteiger partial charge in [0.05, 0.1) is 35.3 Å². The van der Waals surface area contributed by atoms with Gasteiger partial charge >= 0.3 is 0 Å². The largest absolute Gasteiger partial charge is 0.378 e. The Kier molecular flexibility index (Phi) is 7.02. The van der Waals surface area contributed by atoms with Gasteiger partial charge in [-0.05, 0) is 56.5 Å². The fraction of sp³-hybridized carbons (Fsp3) is 0.444. The molecule has 2 atom stereocenters. The Morgan fingerprint density at radius 3 is 2.75 bits per heavy atom. The Labute approximate surface area is 210 Å². The number of anilines is 1. The highest BCUT2D eigenvalue weighted by molar-refractivity contribution is 5.95. The number of likely N-dealkylation sites (N-methyl/N-ethyl adjacent to an activating group) is 1. The third-order valence-corrected chi connectivity index (χ3v) is 7.09. The summed E-state index contributed by atoms with van der Waals surface area (Å²) >= 11 is 0. The van der Waals surface area contributed by atoms with Crippen LogP contribution in [0.3, 0.4) is 0 Å². The number of rotatable bonds is 8. The fourth-order valence-corrected chi connectivity index (χ4v) is 4.74. The molecule has 1 saturated carbocycles. The zero-order valence-corrected chi connectivity index (χ0v) is 21.0. The van der Waals surface area contributed by atoms with Crippen LogP contribution in [0.25, 0.3) is 16.8 Å². The quantitative estimate of drug-likeness (QED) is 0.498. The summed E-state index contributed by atoms with van der Waals surface area (Å²) in [5, 5.41) is 11.0. The van der Waals surface area contributed by atoms with Crippen molar-refractivity contribution in [2.75, 3.05) is 32.1 Å². The van der Waals surface area contributed by atoms with Crippen molar-refractivity contribution in [3.63, 3.8) is 0 Å². The van der Waals surface area contributed by atoms with Gasteiger partial charge in [-0.3, -0.25) is 9.78 Å². The van der Waals surface area contributed by atoms with Crippen molar-refractivity contribution >= 4 is 11.6 Å². The SMILES string of the molecule is CCN1CC[C@H](Nc2cncc(-c3cnn(-c4cc(C(=O)NC5CC5)c(F)cc4C)c3)c2)[C@H](OC)C1. The average Bonchev–Trinajstić information content (AvgIpc) is 3.56. The van der Waals surface area contributed by atoms with Crippen LogP contribution in [0.5, 0.6) is 0 Å². The van der Waals surface area contributed by atoms with E-state index in [0.717, 1.165) is 55.7 Å². The Balaban J connectivity index is 1.35. The van der Waals surface area contributed by atoms with Gasteiger partial charge < -0.3 is 20.3 Å². The molecule has 5 rings (SSSR count). The molecule has 2 aliphatic rings. The minimum atomic E-state index is -0.524. The third kappa shape index (κ3) is 5.27. The van der Waals surface area contributed by atoms with Crippen LogP contribution in [0, 0.1) is 12.7 Å². The minimum absolute atomic E-state index is 0.0363. The smallest absolute Gasteiger partial charge is 0.254 e. The first kappa shape index (κ1) is 24.4. The molecule has 3 aromatic rings. The van der Waals surface area contributed by atoms with Crippen LogP contribution in [-0.2, 0) is 4.74 Å². The molecular weight excluding hydrogens is 459 g/mol. The van der Waals surface area contributed by atoms with Gasteiger partial charge in [-0.2, -0.15) is 5.10 Å². The second-order valence-electron chi connectivity index (χ2n) is 9.71. The Hall–Kier alpha value is -3.30. The van der Waals surface area contributed by atoms with Gasteiger partial charge in [-0.15, -0.1) is 0 Å². The maximum atomic E-state index is 14.6. The minimum Gasteiger partial charge on any atom is -0.378 e. The molecule has 2 fully saturated rings. The van der Waals surface area contributed by atoms with Crippen molar-refractivity contribution in [2.45, 2.75) is 51.3 Å². The van der Waals surface area contributed by atoms with Crippen molar-refractivity contribution < 1.29 is 13.9 Å². The van der Waals surface area contributed by atoms with E-state index < -0.39 is 5.82 Å². The maximum Gasteiger partial charge on any atom is 0.254 e. The van der Waals surface area contributed by atoms with Crippen LogP contribution < -0.4 is 10.6 Å². The topological polar surface area (TPSA) is 84.3 Å². The number of amides is 1. The molecule has 36 heavy (non-hydrogen) atoms. The molecule has 8 nitrogen and oxygen atoms in total. The number of likely N-dealkylation sites (tertiary alicyclic amines) is 1. The standard InChI is InChI=1S/C27H33FN6O2/c1-4-33-8-7-24(26(16-33)36-3)31-21-10-18(12-29-14-21)19-13-30-34(15-19)25-11-22(23(28)9-17(25)2)27(35)32-20-5-6-20/h9-15,20,24,26,31H,4-8,16H2,1-3H3,(H,32,35)/t24-,26+/m0/s1. The zero-order valence-electron chi connectivity index (χ0n) is 21.0. The van der Waals surface area contributed by atoms with Gasteiger partial charge in [0, 0.05) is 56.0 Å². The van der Waals surface area contributed by atoms with E-state index in [0.29, 0.717) is 11.3 Å². The summed E-state index contributed by atoms with van der Waals surface area (Å²) in [6.07, 6.45) is 10.2. The molecule has 3 heterocycles. The van der Waals surface area contributed by atoms with E-state index in [1.54, 1.807) is 30.3 Å². The second kappa shape index (κ2) is 10.4. The lowest BCUT2D eigenvalue weighted by Gasteiger charge is -2.38. The van der Waals surface area contributed by atoms with Gasteiger partial charge in [0.25, 0.3) is 5.91 Å². The van der Waals surface area contributed by atoms with Crippen LogP contribution in [0.4, 0.5) is 10.1 Å². The second-order valence-corrected chi connectivity index (χ2v) is 9.71. The first-order valence-electron chi connectivity index (χ1n) is 12.6. The average molecular weight is 493 g/mol. The normalized spacial score (nSPS) is 20.3. The van der Waals surface area contributed by atoms with Crippen molar-refractivity contribution in [1.82, 2.24) is 25.0 Å². The summed E-state index contributed by atoms with van der Waals surface area (Å²) in [7, 11) is 1.76. The number of pyridine rings is 1. The fourth-order valence-electron chi connectivity index (χ4n) is 4.74. The van der Waals surface area contributed by atoms with E-state index in [9.17, 15) is 9.18 Å². The molecule has 1 aliphatic carbocycles. The molecule has 1 aliphatic heterocycles. The third-order valence-electron chi connectivity index (χ3n) is 7.09. The Bertz CT molecular complexity index is 1240. The van der Waals surface area contributed by atoms with E-state index in [2.05, 4.69) is 38.6 Å². The number of carbonyl (C=O) groups excluding carboxylic acids is 1. The number of halogens is 1. The van der Waals surface area contributed by atoms with Crippen molar-refractivity contribution in [3.8, 4) is 16.8 Å². The molecule has 0 spiro atoms. The zero-order chi connectivity index (χ0) is 25.2. The van der Waals surface area contributed by atoms with Gasteiger partial charge in [0.15, 0.2) is 0 Å². The molecule has 9 heteroatoms. The molecule has 1 amide bonds. The highest BCUT2D eigenvalue weighted by Crippen LogP contribution is 2.27. The van der Waals surface area contributed by atoms with E-state index >= 15 is 0 Å². The number of hydrogen-bond acceptors (Lipinski definition) is 6. The number of carbonyl (C=O) groups is 1. The maximum absolute atomic E-state index is 14.6. The summed E-state index contributed by atoms with van der Waals surface area (Å²) in [6, 6.07) is 5.38. The van der Waals surface area contributed by atoms with Crippen molar-refractivity contribution in [3.05, 3.63) is 59.9 Å². The molecule has 1 aromatic carbocycles.